The van der Waals surface area contributed by atoms with E-state index in [-0.39, 0.29) is 23.3 Å². The van der Waals surface area contributed by atoms with Gasteiger partial charge in [-0.2, -0.15) is 4.72 Å². The molecule has 0 unspecified atom stereocenters. The van der Waals surface area contributed by atoms with Gasteiger partial charge in [-0.25, -0.2) is 8.42 Å². The Morgan fingerprint density at radius 2 is 1.38 bits per heavy atom. The van der Waals surface area contributed by atoms with E-state index in [9.17, 15) is 13.2 Å². The smallest absolute Gasteiger partial charge is 0.241 e. The third-order valence-corrected chi connectivity index (χ3v) is 7.64. The standard InChI is InChI=1S/C28H34N2O3S/c1-20-17-21(2)27(22(3)18-20)34(32,33)30-26(19-25-13-9-6-10-14-25)28(31)29-23(4)15-16-24-11-7-5-8-12-24/h5-14,17-18,23,26,30H,15-16,19H2,1-4H3,(H,29,31)/t23-,26+/m0/s1. The number of amides is 1. The highest BCUT2D eigenvalue weighted by molar-refractivity contribution is 7.89. The van der Waals surface area contributed by atoms with Crippen molar-refractivity contribution in [3.05, 3.63) is 101 Å². The summed E-state index contributed by atoms with van der Waals surface area (Å²) in [7, 11) is -3.90. The lowest BCUT2D eigenvalue weighted by Crippen LogP contribution is -2.50. The van der Waals surface area contributed by atoms with Gasteiger partial charge in [-0.15, -0.1) is 0 Å². The molecule has 3 aromatic rings. The topological polar surface area (TPSA) is 75.3 Å². The van der Waals surface area contributed by atoms with Crippen LogP contribution < -0.4 is 10.0 Å². The molecule has 0 saturated heterocycles. The van der Waals surface area contributed by atoms with Gasteiger partial charge in [-0.1, -0.05) is 78.4 Å². The van der Waals surface area contributed by atoms with Crippen molar-refractivity contribution in [3.63, 3.8) is 0 Å². The van der Waals surface area contributed by atoms with Gasteiger partial charge in [0, 0.05) is 6.04 Å². The van der Waals surface area contributed by atoms with Crippen LogP contribution in [0.25, 0.3) is 0 Å². The van der Waals surface area contributed by atoms with E-state index in [1.165, 1.54) is 5.56 Å². The van der Waals surface area contributed by atoms with Crippen LogP contribution in [-0.2, 0) is 27.7 Å². The van der Waals surface area contributed by atoms with Gasteiger partial charge >= 0.3 is 0 Å². The van der Waals surface area contributed by atoms with E-state index in [1.807, 2.05) is 74.5 Å². The molecular formula is C28H34N2O3S. The number of hydrogen-bond donors (Lipinski definition) is 2. The van der Waals surface area contributed by atoms with Crippen molar-refractivity contribution in [2.24, 2.45) is 0 Å². The van der Waals surface area contributed by atoms with Crippen molar-refractivity contribution in [2.75, 3.05) is 0 Å². The molecule has 0 aromatic heterocycles. The summed E-state index contributed by atoms with van der Waals surface area (Å²) in [5.74, 6) is -0.324. The lowest BCUT2D eigenvalue weighted by molar-refractivity contribution is -0.123. The number of sulfonamides is 1. The first-order chi connectivity index (χ1) is 16.2. The van der Waals surface area contributed by atoms with Crippen LogP contribution in [0.2, 0.25) is 0 Å². The van der Waals surface area contributed by atoms with E-state index >= 15 is 0 Å². The predicted molar refractivity (Wildman–Crippen MR) is 137 cm³/mol. The zero-order valence-electron chi connectivity index (χ0n) is 20.3. The first kappa shape index (κ1) is 25.7. The van der Waals surface area contributed by atoms with Gasteiger partial charge in [0.2, 0.25) is 15.9 Å². The third-order valence-electron chi connectivity index (χ3n) is 5.87. The molecule has 5 nitrogen and oxygen atoms in total. The normalized spacial score (nSPS) is 13.3. The molecule has 3 rings (SSSR count). The summed E-state index contributed by atoms with van der Waals surface area (Å²) in [6, 6.07) is 22.2. The second-order valence-corrected chi connectivity index (χ2v) is 10.7. The maximum atomic E-state index is 13.4. The molecule has 34 heavy (non-hydrogen) atoms. The molecular weight excluding hydrogens is 444 g/mol. The maximum Gasteiger partial charge on any atom is 0.241 e. The molecule has 3 aromatic carbocycles. The fourth-order valence-electron chi connectivity index (χ4n) is 4.32. The Morgan fingerprint density at radius 1 is 0.853 bits per heavy atom. The van der Waals surface area contributed by atoms with E-state index in [0.29, 0.717) is 11.1 Å². The summed E-state index contributed by atoms with van der Waals surface area (Å²) >= 11 is 0. The van der Waals surface area contributed by atoms with Crippen LogP contribution in [0.1, 0.15) is 41.2 Å². The Kier molecular flexibility index (Phi) is 8.64. The van der Waals surface area contributed by atoms with Gasteiger partial charge in [-0.3, -0.25) is 4.79 Å². The zero-order valence-corrected chi connectivity index (χ0v) is 21.2. The van der Waals surface area contributed by atoms with Crippen LogP contribution in [0.4, 0.5) is 0 Å². The predicted octanol–water partition coefficient (Wildman–Crippen LogP) is 4.64. The molecule has 180 valence electrons. The molecule has 0 aliphatic carbocycles. The highest BCUT2D eigenvalue weighted by Crippen LogP contribution is 2.22. The highest BCUT2D eigenvalue weighted by atomic mass is 32.2. The van der Waals surface area contributed by atoms with Gasteiger partial charge in [-0.05, 0) is 69.2 Å². The molecule has 0 saturated carbocycles. The van der Waals surface area contributed by atoms with E-state index in [1.54, 1.807) is 13.8 Å². The number of carbonyl (C=O) groups is 1. The Morgan fingerprint density at radius 3 is 1.94 bits per heavy atom. The minimum Gasteiger partial charge on any atom is -0.352 e. The average molecular weight is 479 g/mol. The van der Waals surface area contributed by atoms with Gasteiger partial charge in [0.05, 0.1) is 4.90 Å². The zero-order chi connectivity index (χ0) is 24.7. The van der Waals surface area contributed by atoms with Crippen molar-refractivity contribution >= 4 is 15.9 Å². The van der Waals surface area contributed by atoms with Crippen molar-refractivity contribution in [3.8, 4) is 0 Å². The van der Waals surface area contributed by atoms with Crippen molar-refractivity contribution in [2.45, 2.75) is 63.9 Å². The third kappa shape index (κ3) is 7.02. The Hall–Kier alpha value is -2.96. The first-order valence-electron chi connectivity index (χ1n) is 11.6. The number of aryl methyl sites for hydroxylation is 4. The second-order valence-electron chi connectivity index (χ2n) is 9.03. The fourth-order valence-corrected chi connectivity index (χ4v) is 5.97. The number of benzene rings is 3. The Balaban J connectivity index is 1.78. The molecule has 0 aliphatic heterocycles. The van der Waals surface area contributed by atoms with E-state index in [2.05, 4.69) is 22.2 Å². The number of nitrogens with one attached hydrogen (secondary N) is 2. The van der Waals surface area contributed by atoms with Crippen LogP contribution in [0.3, 0.4) is 0 Å². The lowest BCUT2D eigenvalue weighted by atomic mass is 10.0. The Labute approximate surface area is 203 Å². The van der Waals surface area contributed by atoms with Crippen LogP contribution >= 0.6 is 0 Å². The molecule has 0 radical (unpaired) electrons. The van der Waals surface area contributed by atoms with E-state index < -0.39 is 16.1 Å². The minimum atomic E-state index is -3.90. The molecule has 0 fully saturated rings. The van der Waals surface area contributed by atoms with E-state index in [0.717, 1.165) is 24.0 Å². The average Bonchev–Trinajstić information content (AvgIpc) is 2.77. The second kappa shape index (κ2) is 11.4. The van der Waals surface area contributed by atoms with Gasteiger partial charge in [0.15, 0.2) is 0 Å². The van der Waals surface area contributed by atoms with Crippen molar-refractivity contribution in [1.82, 2.24) is 10.0 Å². The van der Waals surface area contributed by atoms with Gasteiger partial charge < -0.3 is 5.32 Å². The minimum absolute atomic E-state index is 0.0988. The first-order valence-corrected chi connectivity index (χ1v) is 13.1. The summed E-state index contributed by atoms with van der Waals surface area (Å²) in [5, 5.41) is 3.02. The number of rotatable bonds is 10. The highest BCUT2D eigenvalue weighted by Gasteiger charge is 2.29. The lowest BCUT2D eigenvalue weighted by Gasteiger charge is -2.23. The summed E-state index contributed by atoms with van der Waals surface area (Å²) in [6.07, 6.45) is 1.86. The number of hydrogen-bond acceptors (Lipinski definition) is 3. The van der Waals surface area contributed by atoms with Gasteiger partial charge in [0.25, 0.3) is 0 Å². The summed E-state index contributed by atoms with van der Waals surface area (Å²) < 4.78 is 29.5. The fraction of sp³-hybridized carbons (Fsp3) is 0.321. The molecule has 2 N–H and O–H groups in total. The molecule has 0 aliphatic rings. The van der Waals surface area contributed by atoms with Crippen LogP contribution in [0.5, 0.6) is 0 Å². The molecule has 0 spiro atoms. The van der Waals surface area contributed by atoms with Crippen LogP contribution in [-0.4, -0.2) is 26.4 Å². The van der Waals surface area contributed by atoms with Crippen molar-refractivity contribution in [1.29, 1.82) is 0 Å². The Bertz CT molecular complexity index is 1190. The summed E-state index contributed by atoms with van der Waals surface area (Å²) in [5.41, 5.74) is 4.43. The molecule has 1 amide bonds. The molecule has 0 bridgehead atoms. The SMILES string of the molecule is Cc1cc(C)c(S(=O)(=O)N[C@H](Cc2ccccc2)C(=O)N[C@@H](C)CCc2ccccc2)c(C)c1. The quantitative estimate of drug-likeness (QED) is 0.446. The van der Waals surface area contributed by atoms with E-state index in [4.69, 9.17) is 0 Å². The molecule has 6 heteroatoms. The largest absolute Gasteiger partial charge is 0.352 e. The molecule has 0 heterocycles. The monoisotopic (exact) mass is 478 g/mol. The van der Waals surface area contributed by atoms with Crippen LogP contribution in [0, 0.1) is 20.8 Å². The molecule has 2 atom stereocenters. The maximum absolute atomic E-state index is 13.4. The van der Waals surface area contributed by atoms with Gasteiger partial charge in [0.1, 0.15) is 6.04 Å². The summed E-state index contributed by atoms with van der Waals surface area (Å²) in [4.78, 5) is 13.5. The number of carbonyl (C=O) groups excluding carboxylic acids is 1. The summed E-state index contributed by atoms with van der Waals surface area (Å²) in [6.45, 7) is 7.45. The van der Waals surface area contributed by atoms with Crippen LogP contribution in [0.15, 0.2) is 77.7 Å². The van der Waals surface area contributed by atoms with Crippen molar-refractivity contribution < 1.29 is 13.2 Å².